The largest absolute Gasteiger partial charge is 0.323 e. The molecule has 0 aliphatic heterocycles. The van der Waals surface area contributed by atoms with Gasteiger partial charge in [-0.15, -0.1) is 0 Å². The Labute approximate surface area is 32.8 Å². The first-order valence-corrected chi connectivity index (χ1v) is 1.00. The lowest BCUT2D eigenvalue weighted by molar-refractivity contribution is -0.000000778. The number of rotatable bonds is 0. The van der Waals surface area contributed by atoms with E-state index in [9.17, 15) is 0 Å². The van der Waals surface area contributed by atoms with Gasteiger partial charge >= 0.3 is 0 Å². The van der Waals surface area contributed by atoms with Crippen LogP contribution in [0.4, 0.5) is 0 Å². The Kier molecular flexibility index (Phi) is 23.3. The van der Waals surface area contributed by atoms with E-state index >= 15 is 0 Å². The third kappa shape index (κ3) is 56.3. The summed E-state index contributed by atoms with van der Waals surface area (Å²) in [7, 11) is 3.75. The van der Waals surface area contributed by atoms with Crippen LogP contribution in [0.1, 0.15) is 0 Å². The minimum Gasteiger partial charge on any atom is -0.323 e. The van der Waals surface area contributed by atoms with Crippen molar-refractivity contribution < 1.29 is 12.4 Å². The van der Waals surface area contributed by atoms with Gasteiger partial charge in [0.15, 0.2) is 0 Å². The first kappa shape index (κ1) is 8.87. The summed E-state index contributed by atoms with van der Waals surface area (Å²) in [5, 5.41) is 2.75. The lowest BCUT2D eigenvalue weighted by Crippen LogP contribution is -1.89. The molecule has 0 aromatic rings. The third-order valence-electron chi connectivity index (χ3n) is 0. The highest BCUT2D eigenvalue weighted by Crippen LogP contribution is 0.981. The number of hydrogen-bond donors (Lipinski definition) is 1. The highest BCUT2D eigenvalue weighted by molar-refractivity contribution is 3.91. The van der Waals surface area contributed by atoms with Crippen molar-refractivity contribution in [3.63, 3.8) is 0 Å². The maximum absolute atomic E-state index is 2.75. The number of hydrogen-bond acceptors (Lipinski definition) is 1. The lowest BCUT2D eigenvalue weighted by Gasteiger charge is -1.59. The van der Waals surface area contributed by atoms with Gasteiger partial charge in [-0.1, -0.05) is 0 Å². The summed E-state index contributed by atoms with van der Waals surface area (Å²) in [6.07, 6.45) is 0. The first-order chi connectivity index (χ1) is 1.41. The Balaban J connectivity index is 0. The molecule has 0 unspecified atom stereocenters. The van der Waals surface area contributed by atoms with E-state index < -0.39 is 0 Å². The van der Waals surface area contributed by atoms with Gasteiger partial charge in [0.1, 0.15) is 0 Å². The van der Waals surface area contributed by atoms with Gasteiger partial charge in [-0.25, -0.2) is 0 Å². The Bertz CT molecular complexity index is 6.00. The summed E-state index contributed by atoms with van der Waals surface area (Å²) in [5.74, 6) is 0. The van der Waals surface area contributed by atoms with Gasteiger partial charge in [0.2, 0.25) is 0 Å². The maximum Gasteiger partial charge on any atom is 0.0903 e. The Morgan fingerprint density at radius 3 is 1.25 bits per heavy atom. The molecular formula is C2H9ClN+. The van der Waals surface area contributed by atoms with Crippen LogP contribution in [-0.2, 0) is 0 Å². The molecule has 28 valence electrons. The summed E-state index contributed by atoms with van der Waals surface area (Å²) >= 11 is 0. The zero-order valence-corrected chi connectivity index (χ0v) is 3.84. The normalized spacial score (nSPS) is 4.50. The Morgan fingerprint density at radius 2 is 1.25 bits per heavy atom. The molecular weight excluding hydrogens is 73.5 g/mol. The summed E-state index contributed by atoms with van der Waals surface area (Å²) in [5.41, 5.74) is 0. The van der Waals surface area contributed by atoms with E-state index in [-0.39, 0.29) is 12.4 Å². The monoisotopic (exact) mass is 82.0 g/mol. The number of halogens is 1. The maximum atomic E-state index is 2.75. The van der Waals surface area contributed by atoms with E-state index in [0.717, 1.165) is 0 Å². The fourth-order valence-electron chi connectivity index (χ4n) is 0. The molecule has 0 atom stereocenters. The molecule has 2 heteroatoms. The quantitative estimate of drug-likeness (QED) is 0.408. The molecule has 0 fully saturated rings. The molecule has 0 aliphatic carbocycles. The van der Waals surface area contributed by atoms with E-state index in [2.05, 4.69) is 5.32 Å². The Morgan fingerprint density at radius 1 is 1.25 bits per heavy atom. The van der Waals surface area contributed by atoms with Gasteiger partial charge in [0, 0.05) is 0 Å². The molecule has 0 amide bonds. The average Bonchev–Trinajstić information content (AvgIpc) is 0.918. The van der Waals surface area contributed by atoms with Crippen LogP contribution >= 0.6 is 0 Å². The van der Waals surface area contributed by atoms with Crippen molar-refractivity contribution in [3.8, 4) is 0 Å². The van der Waals surface area contributed by atoms with Gasteiger partial charge in [-0.05, 0) is 14.1 Å². The van der Waals surface area contributed by atoms with Crippen molar-refractivity contribution in [2.75, 3.05) is 14.1 Å². The molecule has 0 radical (unpaired) electrons. The standard InChI is InChI=1S/C2H7N.ClH2/c1-3-2;/h3H,1-2H3;1H2/q;+1. The van der Waals surface area contributed by atoms with Crippen molar-refractivity contribution in [1.82, 2.24) is 5.32 Å². The molecule has 0 heterocycles. The van der Waals surface area contributed by atoms with Crippen molar-refractivity contribution in [2.24, 2.45) is 0 Å². The molecule has 4 heavy (non-hydrogen) atoms. The van der Waals surface area contributed by atoms with E-state index in [1.165, 1.54) is 0 Å². The minimum absolute atomic E-state index is 0. The molecule has 0 spiro atoms. The van der Waals surface area contributed by atoms with Crippen LogP contribution in [0, 0.1) is 12.4 Å². The summed E-state index contributed by atoms with van der Waals surface area (Å²) in [6.45, 7) is 0. The summed E-state index contributed by atoms with van der Waals surface area (Å²) < 4.78 is 0. The smallest absolute Gasteiger partial charge is 0.0903 e. The van der Waals surface area contributed by atoms with Gasteiger partial charge in [0.25, 0.3) is 0 Å². The molecule has 1 N–H and O–H groups in total. The second-order valence-corrected chi connectivity index (χ2v) is 0.500. The van der Waals surface area contributed by atoms with Crippen molar-refractivity contribution in [1.29, 1.82) is 0 Å². The number of nitrogens with one attached hydrogen (secondary N) is 1. The van der Waals surface area contributed by atoms with E-state index in [0.29, 0.717) is 0 Å². The highest BCUT2D eigenvalue weighted by atomic mass is 35.5. The van der Waals surface area contributed by atoms with Crippen LogP contribution in [-0.4, -0.2) is 14.1 Å². The first-order valence-electron chi connectivity index (χ1n) is 1.00. The van der Waals surface area contributed by atoms with Crippen LogP contribution in [0.2, 0.25) is 0 Å². The molecule has 0 rings (SSSR count). The topological polar surface area (TPSA) is 12.0 Å². The molecule has 0 saturated heterocycles. The lowest BCUT2D eigenvalue weighted by atomic mass is 11.3. The van der Waals surface area contributed by atoms with E-state index in [4.69, 9.17) is 0 Å². The minimum atomic E-state index is 0. The van der Waals surface area contributed by atoms with Crippen molar-refractivity contribution >= 4 is 0 Å². The van der Waals surface area contributed by atoms with Crippen LogP contribution < -0.4 is 5.32 Å². The zero-order chi connectivity index (χ0) is 2.71. The molecule has 0 aromatic heterocycles. The van der Waals surface area contributed by atoms with E-state index in [1.807, 2.05) is 14.1 Å². The van der Waals surface area contributed by atoms with Gasteiger partial charge in [0.05, 0.1) is 12.4 Å². The second kappa shape index (κ2) is 10.5. The highest BCUT2D eigenvalue weighted by Gasteiger charge is 1.25. The van der Waals surface area contributed by atoms with Crippen LogP contribution in [0.25, 0.3) is 0 Å². The van der Waals surface area contributed by atoms with E-state index in [1.54, 1.807) is 0 Å². The predicted octanol–water partition coefficient (Wildman–Crippen LogP) is -0.700. The fourth-order valence-corrected chi connectivity index (χ4v) is 0. The van der Waals surface area contributed by atoms with Gasteiger partial charge in [-0.2, -0.15) is 0 Å². The average molecular weight is 82.6 g/mol. The van der Waals surface area contributed by atoms with Crippen LogP contribution in [0.5, 0.6) is 0 Å². The third-order valence-corrected chi connectivity index (χ3v) is 0. The summed E-state index contributed by atoms with van der Waals surface area (Å²) in [6, 6.07) is 0. The van der Waals surface area contributed by atoms with Gasteiger partial charge in [-0.3, -0.25) is 0 Å². The zero-order valence-electron chi connectivity index (χ0n) is 2.95. The molecule has 0 aromatic carbocycles. The van der Waals surface area contributed by atoms with Crippen LogP contribution in [0.15, 0.2) is 0 Å². The Hall–Kier alpha value is 0.250. The summed E-state index contributed by atoms with van der Waals surface area (Å²) in [4.78, 5) is 0. The fraction of sp³-hybridized carbons (Fsp3) is 1.00. The molecule has 1 nitrogen and oxygen atoms in total. The van der Waals surface area contributed by atoms with Crippen molar-refractivity contribution in [3.05, 3.63) is 0 Å². The SMILES string of the molecule is CNC.[ClH2+]. The van der Waals surface area contributed by atoms with Crippen LogP contribution in [0.3, 0.4) is 0 Å². The molecule has 0 aliphatic rings. The predicted molar refractivity (Wildman–Crippen MR) is 17.8 cm³/mol. The molecule has 0 bridgehead atoms. The molecule has 0 saturated carbocycles. The van der Waals surface area contributed by atoms with Gasteiger partial charge < -0.3 is 5.32 Å². The second-order valence-electron chi connectivity index (χ2n) is 0.500. The van der Waals surface area contributed by atoms with Crippen molar-refractivity contribution in [2.45, 2.75) is 0 Å².